The first kappa shape index (κ1) is 13.7. The molecule has 0 aromatic heterocycles. The van der Waals surface area contributed by atoms with E-state index in [9.17, 15) is 22.8 Å². The van der Waals surface area contributed by atoms with Crippen molar-refractivity contribution >= 4 is 11.9 Å². The number of alkyl halides is 3. The number of halogens is 3. The Morgan fingerprint density at radius 1 is 1.27 bits per heavy atom. The molecule has 0 unspecified atom stereocenters. The fraction of sp³-hybridized carbons (Fsp3) is 0.750. The van der Waals surface area contributed by atoms with E-state index in [0.717, 1.165) is 0 Å². The van der Waals surface area contributed by atoms with Crippen molar-refractivity contribution in [1.29, 1.82) is 0 Å². The minimum absolute atomic E-state index is 1.12. The average Bonchev–Trinajstić information content (AvgIpc) is 2.01. The van der Waals surface area contributed by atoms with E-state index in [1.165, 1.54) is 20.8 Å². The van der Waals surface area contributed by atoms with Crippen LogP contribution in [0.3, 0.4) is 0 Å². The Kier molecular flexibility index (Phi) is 3.73. The van der Waals surface area contributed by atoms with Crippen LogP contribution in [0.25, 0.3) is 0 Å². The van der Waals surface area contributed by atoms with Crippen LogP contribution >= 0.6 is 0 Å². The van der Waals surface area contributed by atoms with Crippen LogP contribution in [0.4, 0.5) is 13.2 Å². The lowest BCUT2D eigenvalue weighted by atomic mass is 9.85. The van der Waals surface area contributed by atoms with Gasteiger partial charge in [-0.2, -0.15) is 13.2 Å². The molecule has 0 saturated carbocycles. The molecular weight excluding hydrogens is 215 g/mol. The van der Waals surface area contributed by atoms with Crippen LogP contribution in [0.2, 0.25) is 0 Å². The third-order valence-electron chi connectivity index (χ3n) is 2.24. The van der Waals surface area contributed by atoms with Gasteiger partial charge < -0.3 is 10.4 Å². The minimum atomic E-state index is -5.00. The lowest BCUT2D eigenvalue weighted by Gasteiger charge is -2.28. The summed E-state index contributed by atoms with van der Waals surface area (Å²) in [4.78, 5) is 21.2. The van der Waals surface area contributed by atoms with Crippen LogP contribution in [0.15, 0.2) is 0 Å². The van der Waals surface area contributed by atoms with Gasteiger partial charge in [0.05, 0.1) is 5.41 Å². The molecule has 1 atom stereocenters. The van der Waals surface area contributed by atoms with Crippen molar-refractivity contribution in [1.82, 2.24) is 5.32 Å². The number of carbonyl (C=O) groups excluding carboxylic acids is 1. The van der Waals surface area contributed by atoms with Gasteiger partial charge in [-0.3, -0.25) is 9.59 Å². The zero-order chi connectivity index (χ0) is 12.4. The van der Waals surface area contributed by atoms with Crippen LogP contribution in [0.1, 0.15) is 20.8 Å². The predicted molar refractivity (Wildman–Crippen MR) is 45.1 cm³/mol. The summed E-state index contributed by atoms with van der Waals surface area (Å²) in [5, 5.41) is 10.3. The van der Waals surface area contributed by atoms with E-state index in [1.54, 1.807) is 5.32 Å². The summed E-state index contributed by atoms with van der Waals surface area (Å²) >= 11 is 0. The Morgan fingerprint density at radius 2 is 1.67 bits per heavy atom. The Morgan fingerprint density at radius 3 is 1.93 bits per heavy atom. The molecule has 0 spiro atoms. The molecule has 2 N–H and O–H groups in total. The minimum Gasteiger partial charge on any atom is -0.481 e. The van der Waals surface area contributed by atoms with Crippen LogP contribution in [-0.2, 0) is 9.59 Å². The lowest BCUT2D eigenvalue weighted by molar-refractivity contribution is -0.175. The van der Waals surface area contributed by atoms with Crippen LogP contribution in [0, 0.1) is 5.41 Å². The van der Waals surface area contributed by atoms with Crippen LogP contribution < -0.4 is 5.32 Å². The fourth-order valence-electron chi connectivity index (χ4n) is 0.644. The number of carbonyl (C=O) groups is 2. The number of rotatable bonds is 3. The summed E-state index contributed by atoms with van der Waals surface area (Å²) in [6.45, 7) is 3.67. The highest BCUT2D eigenvalue weighted by molar-refractivity contribution is 5.83. The van der Waals surface area contributed by atoms with Gasteiger partial charge in [-0.15, -0.1) is 0 Å². The van der Waals surface area contributed by atoms with Crippen molar-refractivity contribution in [3.63, 3.8) is 0 Å². The number of amides is 1. The zero-order valence-electron chi connectivity index (χ0n) is 8.47. The second-order valence-corrected chi connectivity index (χ2v) is 3.72. The van der Waals surface area contributed by atoms with Gasteiger partial charge in [-0.05, 0) is 20.8 Å². The Balaban J connectivity index is 4.58. The van der Waals surface area contributed by atoms with Crippen molar-refractivity contribution in [2.24, 2.45) is 5.41 Å². The molecular formula is C8H12F3NO3. The molecule has 0 heterocycles. The summed E-state index contributed by atoms with van der Waals surface area (Å²) in [5.41, 5.74) is -1.46. The molecule has 0 aliphatic heterocycles. The van der Waals surface area contributed by atoms with Gasteiger partial charge in [-0.1, -0.05) is 0 Å². The molecule has 0 fully saturated rings. The summed E-state index contributed by atoms with van der Waals surface area (Å²) in [7, 11) is 0. The molecule has 4 nitrogen and oxygen atoms in total. The first-order valence-electron chi connectivity index (χ1n) is 4.10. The smallest absolute Gasteiger partial charge is 0.471 e. The van der Waals surface area contributed by atoms with Crippen LogP contribution in [-0.4, -0.2) is 29.2 Å². The molecule has 88 valence electrons. The van der Waals surface area contributed by atoms with E-state index in [1.807, 2.05) is 0 Å². The second-order valence-electron chi connectivity index (χ2n) is 3.72. The van der Waals surface area contributed by atoms with Crippen molar-refractivity contribution in [2.45, 2.75) is 33.0 Å². The molecule has 0 radical (unpaired) electrons. The number of hydrogen-bond donors (Lipinski definition) is 2. The maximum Gasteiger partial charge on any atom is 0.471 e. The van der Waals surface area contributed by atoms with Crippen molar-refractivity contribution < 1.29 is 27.9 Å². The maximum atomic E-state index is 11.8. The van der Waals surface area contributed by atoms with Gasteiger partial charge in [0.1, 0.15) is 0 Å². The van der Waals surface area contributed by atoms with E-state index in [2.05, 4.69) is 0 Å². The SMILES string of the molecule is C[C@H](NC(=O)C(F)(F)F)C(C)(C)C(=O)O. The molecule has 1 amide bonds. The third-order valence-corrected chi connectivity index (χ3v) is 2.24. The van der Waals surface area contributed by atoms with Crippen molar-refractivity contribution in [2.75, 3.05) is 0 Å². The molecule has 15 heavy (non-hydrogen) atoms. The second kappa shape index (κ2) is 4.08. The first-order valence-corrected chi connectivity index (χ1v) is 4.10. The van der Waals surface area contributed by atoms with E-state index < -0.39 is 29.5 Å². The molecule has 0 bridgehead atoms. The highest BCUT2D eigenvalue weighted by Crippen LogP contribution is 2.22. The quantitative estimate of drug-likeness (QED) is 0.760. The van der Waals surface area contributed by atoms with Crippen molar-refractivity contribution in [3.05, 3.63) is 0 Å². The van der Waals surface area contributed by atoms with Gasteiger partial charge >= 0.3 is 18.1 Å². The number of aliphatic carboxylic acids is 1. The molecule has 0 aliphatic rings. The van der Waals surface area contributed by atoms with E-state index in [-0.39, 0.29) is 0 Å². The number of carboxylic acids is 1. The molecule has 0 aliphatic carbocycles. The standard InChI is InChI=1S/C8H12F3NO3/c1-4(7(2,3)6(14)15)12-5(13)8(9,10)11/h4H,1-3H3,(H,12,13)(H,14,15)/t4-/m0/s1. The van der Waals surface area contributed by atoms with E-state index in [4.69, 9.17) is 5.11 Å². The summed E-state index contributed by atoms with van der Waals surface area (Å²) in [6.07, 6.45) is -5.00. The van der Waals surface area contributed by atoms with Gasteiger partial charge in [0, 0.05) is 6.04 Å². The monoisotopic (exact) mass is 227 g/mol. The Hall–Kier alpha value is -1.27. The highest BCUT2D eigenvalue weighted by atomic mass is 19.4. The number of hydrogen-bond acceptors (Lipinski definition) is 2. The molecule has 0 aromatic carbocycles. The molecule has 0 aromatic rings. The Bertz CT molecular complexity index is 273. The van der Waals surface area contributed by atoms with E-state index >= 15 is 0 Å². The highest BCUT2D eigenvalue weighted by Gasteiger charge is 2.43. The van der Waals surface area contributed by atoms with E-state index in [0.29, 0.717) is 0 Å². The zero-order valence-corrected chi connectivity index (χ0v) is 8.47. The maximum absolute atomic E-state index is 11.8. The van der Waals surface area contributed by atoms with Gasteiger partial charge in [-0.25, -0.2) is 0 Å². The topological polar surface area (TPSA) is 66.4 Å². The summed E-state index contributed by atoms with van der Waals surface area (Å²) in [6, 6.07) is -1.12. The molecule has 0 saturated heterocycles. The molecule has 0 rings (SSSR count). The normalized spacial score (nSPS) is 14.5. The average molecular weight is 227 g/mol. The predicted octanol–water partition coefficient (Wildman–Crippen LogP) is 1.16. The van der Waals surface area contributed by atoms with Crippen LogP contribution in [0.5, 0.6) is 0 Å². The van der Waals surface area contributed by atoms with Gasteiger partial charge in [0.25, 0.3) is 0 Å². The molecule has 7 heteroatoms. The largest absolute Gasteiger partial charge is 0.481 e. The first-order chi connectivity index (χ1) is 6.49. The number of carboxylic acid groups (broad SMARTS) is 1. The fourth-order valence-corrected chi connectivity index (χ4v) is 0.644. The van der Waals surface area contributed by atoms with Crippen molar-refractivity contribution in [3.8, 4) is 0 Å². The lowest BCUT2D eigenvalue weighted by Crippen LogP contribution is -2.50. The van der Waals surface area contributed by atoms with Gasteiger partial charge in [0.15, 0.2) is 0 Å². The Labute approximate surface area is 84.5 Å². The summed E-state index contributed by atoms with van der Waals surface area (Å²) in [5.74, 6) is -3.42. The third kappa shape index (κ3) is 3.41. The summed E-state index contributed by atoms with van der Waals surface area (Å²) < 4.78 is 35.5. The number of nitrogens with one attached hydrogen (secondary N) is 1. The van der Waals surface area contributed by atoms with Gasteiger partial charge in [0.2, 0.25) is 0 Å².